The molecule has 0 aliphatic carbocycles. The first-order chi connectivity index (χ1) is 5.63. The molecule has 0 aromatic heterocycles. The Hall–Kier alpha value is -1.05. The molecule has 2 heteroatoms. The normalized spacial score (nSPS) is 10.0. The standard InChI is InChI=1S/C10H14FN/c1-8-4-9(7-11)6-10(5-8)12(2)3/h4-6H,7H2,1-3H3. The van der Waals surface area contributed by atoms with Crippen molar-refractivity contribution >= 4 is 5.69 Å². The zero-order valence-corrected chi connectivity index (χ0v) is 7.76. The second-order valence-electron chi connectivity index (χ2n) is 3.20. The molecule has 0 N–H and O–H groups in total. The molecule has 0 aliphatic heterocycles. The van der Waals surface area contributed by atoms with Gasteiger partial charge in [0.25, 0.3) is 0 Å². The maximum absolute atomic E-state index is 12.3. The Morgan fingerprint density at radius 2 is 1.92 bits per heavy atom. The van der Waals surface area contributed by atoms with Crippen LogP contribution >= 0.6 is 0 Å². The molecule has 1 aromatic carbocycles. The summed E-state index contributed by atoms with van der Waals surface area (Å²) in [6.07, 6.45) is 0. The molecule has 66 valence electrons. The molecule has 0 saturated carbocycles. The molecule has 0 bridgehead atoms. The van der Waals surface area contributed by atoms with Gasteiger partial charge in [0.05, 0.1) is 0 Å². The zero-order chi connectivity index (χ0) is 9.14. The third kappa shape index (κ3) is 1.97. The van der Waals surface area contributed by atoms with Crippen LogP contribution in [0.3, 0.4) is 0 Å². The number of anilines is 1. The van der Waals surface area contributed by atoms with E-state index in [2.05, 4.69) is 0 Å². The molecule has 0 atom stereocenters. The van der Waals surface area contributed by atoms with Gasteiger partial charge in [0, 0.05) is 19.8 Å². The SMILES string of the molecule is Cc1cc(CF)cc(N(C)C)c1. The number of hydrogen-bond acceptors (Lipinski definition) is 1. The third-order valence-electron chi connectivity index (χ3n) is 1.79. The van der Waals surface area contributed by atoms with Gasteiger partial charge < -0.3 is 4.90 Å². The van der Waals surface area contributed by atoms with Gasteiger partial charge in [0.2, 0.25) is 0 Å². The highest BCUT2D eigenvalue weighted by Crippen LogP contribution is 2.17. The summed E-state index contributed by atoms with van der Waals surface area (Å²) in [7, 11) is 3.91. The number of alkyl halides is 1. The van der Waals surface area contributed by atoms with Crippen LogP contribution in [0.25, 0.3) is 0 Å². The molecule has 1 aromatic rings. The van der Waals surface area contributed by atoms with Crippen LogP contribution in [0.1, 0.15) is 11.1 Å². The van der Waals surface area contributed by atoms with E-state index >= 15 is 0 Å². The van der Waals surface area contributed by atoms with E-state index in [1.807, 2.05) is 44.1 Å². The third-order valence-corrected chi connectivity index (χ3v) is 1.79. The average Bonchev–Trinajstić information content (AvgIpc) is 2.03. The topological polar surface area (TPSA) is 3.24 Å². The molecule has 0 aliphatic rings. The van der Waals surface area contributed by atoms with Gasteiger partial charge in [0.15, 0.2) is 0 Å². The Labute approximate surface area is 72.8 Å². The molecule has 0 spiro atoms. The van der Waals surface area contributed by atoms with Gasteiger partial charge in [0.1, 0.15) is 6.67 Å². The van der Waals surface area contributed by atoms with Gasteiger partial charge in [-0.15, -0.1) is 0 Å². The monoisotopic (exact) mass is 167 g/mol. The summed E-state index contributed by atoms with van der Waals surface area (Å²) in [6, 6.07) is 5.78. The molecule has 1 rings (SSSR count). The van der Waals surface area contributed by atoms with Crippen LogP contribution in [0.15, 0.2) is 18.2 Å². The predicted octanol–water partition coefficient (Wildman–Crippen LogP) is 2.53. The Morgan fingerprint density at radius 1 is 1.25 bits per heavy atom. The van der Waals surface area contributed by atoms with Gasteiger partial charge in [-0.05, 0) is 30.2 Å². The van der Waals surface area contributed by atoms with Gasteiger partial charge in [-0.25, -0.2) is 4.39 Å². The lowest BCUT2D eigenvalue weighted by molar-refractivity contribution is 0.485. The van der Waals surface area contributed by atoms with E-state index in [0.717, 1.165) is 16.8 Å². The molecular formula is C10H14FN. The lowest BCUT2D eigenvalue weighted by Crippen LogP contribution is -2.09. The summed E-state index contributed by atoms with van der Waals surface area (Å²) in [6.45, 7) is 1.59. The average molecular weight is 167 g/mol. The van der Waals surface area contributed by atoms with E-state index in [0.29, 0.717) is 0 Å². The number of benzene rings is 1. The van der Waals surface area contributed by atoms with E-state index < -0.39 is 0 Å². The van der Waals surface area contributed by atoms with Crippen LogP contribution in [0, 0.1) is 6.92 Å². The van der Waals surface area contributed by atoms with E-state index in [9.17, 15) is 4.39 Å². The second kappa shape index (κ2) is 3.57. The Kier molecular flexibility index (Phi) is 2.69. The predicted molar refractivity (Wildman–Crippen MR) is 50.3 cm³/mol. The number of hydrogen-bond donors (Lipinski definition) is 0. The van der Waals surface area contributed by atoms with Crippen LogP contribution in [-0.2, 0) is 6.67 Å². The summed E-state index contributed by atoms with van der Waals surface area (Å²) in [5.74, 6) is 0. The second-order valence-corrected chi connectivity index (χ2v) is 3.20. The highest BCUT2D eigenvalue weighted by atomic mass is 19.1. The molecule has 1 nitrogen and oxygen atoms in total. The lowest BCUT2D eigenvalue weighted by Gasteiger charge is -2.13. The number of aryl methyl sites for hydroxylation is 1. The van der Waals surface area contributed by atoms with E-state index in [4.69, 9.17) is 0 Å². The number of nitrogens with zero attached hydrogens (tertiary/aromatic N) is 1. The van der Waals surface area contributed by atoms with Crippen LogP contribution in [-0.4, -0.2) is 14.1 Å². The molecule has 0 unspecified atom stereocenters. The zero-order valence-electron chi connectivity index (χ0n) is 7.76. The first-order valence-corrected chi connectivity index (χ1v) is 3.97. The van der Waals surface area contributed by atoms with Crippen LogP contribution in [0.5, 0.6) is 0 Å². The van der Waals surface area contributed by atoms with Crippen molar-refractivity contribution in [2.24, 2.45) is 0 Å². The van der Waals surface area contributed by atoms with Crippen molar-refractivity contribution in [3.05, 3.63) is 29.3 Å². The molecule has 0 saturated heterocycles. The van der Waals surface area contributed by atoms with Crippen LogP contribution in [0.4, 0.5) is 10.1 Å². The molecule has 0 fully saturated rings. The summed E-state index contributed by atoms with van der Waals surface area (Å²) >= 11 is 0. The summed E-state index contributed by atoms with van der Waals surface area (Å²) in [4.78, 5) is 1.98. The minimum atomic E-state index is -0.386. The van der Waals surface area contributed by atoms with Crippen LogP contribution in [0.2, 0.25) is 0 Å². The first kappa shape index (κ1) is 9.04. The van der Waals surface area contributed by atoms with Gasteiger partial charge >= 0.3 is 0 Å². The lowest BCUT2D eigenvalue weighted by atomic mass is 10.1. The first-order valence-electron chi connectivity index (χ1n) is 3.97. The molecule has 12 heavy (non-hydrogen) atoms. The number of rotatable bonds is 2. The van der Waals surface area contributed by atoms with Crippen molar-refractivity contribution in [1.29, 1.82) is 0 Å². The summed E-state index contributed by atoms with van der Waals surface area (Å²) in [5, 5.41) is 0. The fourth-order valence-electron chi connectivity index (χ4n) is 1.18. The van der Waals surface area contributed by atoms with Crippen molar-refractivity contribution in [1.82, 2.24) is 0 Å². The molecule has 0 heterocycles. The fraction of sp³-hybridized carbons (Fsp3) is 0.400. The maximum Gasteiger partial charge on any atom is 0.115 e. The summed E-state index contributed by atoms with van der Waals surface area (Å²) < 4.78 is 12.3. The Balaban J connectivity index is 3.06. The largest absolute Gasteiger partial charge is 0.378 e. The maximum atomic E-state index is 12.3. The highest BCUT2D eigenvalue weighted by molar-refractivity contribution is 5.49. The Bertz CT molecular complexity index is 269. The van der Waals surface area contributed by atoms with Gasteiger partial charge in [-0.3, -0.25) is 0 Å². The van der Waals surface area contributed by atoms with Crippen molar-refractivity contribution < 1.29 is 4.39 Å². The Morgan fingerprint density at radius 3 is 2.42 bits per heavy atom. The van der Waals surface area contributed by atoms with Crippen molar-refractivity contribution in [2.75, 3.05) is 19.0 Å². The van der Waals surface area contributed by atoms with Gasteiger partial charge in [-0.2, -0.15) is 0 Å². The van der Waals surface area contributed by atoms with Crippen molar-refractivity contribution in [3.8, 4) is 0 Å². The van der Waals surface area contributed by atoms with Crippen molar-refractivity contribution in [3.63, 3.8) is 0 Å². The smallest absolute Gasteiger partial charge is 0.115 e. The van der Waals surface area contributed by atoms with Gasteiger partial charge in [-0.1, -0.05) is 6.07 Å². The van der Waals surface area contributed by atoms with E-state index in [1.165, 1.54) is 0 Å². The quantitative estimate of drug-likeness (QED) is 0.654. The van der Waals surface area contributed by atoms with E-state index in [1.54, 1.807) is 0 Å². The molecule has 0 radical (unpaired) electrons. The molecular weight excluding hydrogens is 153 g/mol. The molecule has 0 amide bonds. The number of halogens is 1. The summed E-state index contributed by atoms with van der Waals surface area (Å²) in [5.41, 5.74) is 2.91. The minimum absolute atomic E-state index is 0.386. The minimum Gasteiger partial charge on any atom is -0.378 e. The van der Waals surface area contributed by atoms with E-state index in [-0.39, 0.29) is 6.67 Å². The van der Waals surface area contributed by atoms with Crippen LogP contribution < -0.4 is 4.90 Å². The highest BCUT2D eigenvalue weighted by Gasteiger charge is 1.99. The fourth-order valence-corrected chi connectivity index (χ4v) is 1.18. The van der Waals surface area contributed by atoms with Crippen molar-refractivity contribution in [2.45, 2.75) is 13.6 Å².